The van der Waals surface area contributed by atoms with Gasteiger partial charge in [-0.05, 0) is 57.6 Å². The fraction of sp³-hybridized carbons (Fsp3) is 0.170. The smallest absolute Gasteiger partial charge is 0.351 e. The molecule has 1 heterocycles. The van der Waals surface area contributed by atoms with Crippen molar-refractivity contribution in [1.29, 1.82) is 0 Å². The van der Waals surface area contributed by atoms with Crippen LogP contribution in [0.25, 0.3) is 44.5 Å². The van der Waals surface area contributed by atoms with Gasteiger partial charge in [-0.15, -0.1) is 9.15 Å². The minimum atomic E-state index is -0.153. The van der Waals surface area contributed by atoms with Crippen LogP contribution >= 0.6 is 23.2 Å². The molecule has 0 spiro atoms. The van der Waals surface area contributed by atoms with Crippen LogP contribution in [0.15, 0.2) is 146 Å². The monoisotopic (exact) mass is 738 g/mol. The van der Waals surface area contributed by atoms with E-state index in [-0.39, 0.29) is 18.1 Å². The Morgan fingerprint density at radius 2 is 0.868 bits per heavy atom. The van der Waals surface area contributed by atoms with Crippen molar-refractivity contribution in [3.05, 3.63) is 156 Å². The van der Waals surface area contributed by atoms with Gasteiger partial charge in [-0.25, -0.2) is 0 Å². The summed E-state index contributed by atoms with van der Waals surface area (Å²) in [6.45, 7) is 10.2. The molecule has 0 radical (unpaired) electrons. The summed E-state index contributed by atoms with van der Waals surface area (Å²) in [5, 5.41) is 1.41. The fourth-order valence-corrected chi connectivity index (χ4v) is 7.55. The van der Waals surface area contributed by atoms with Gasteiger partial charge in [0.1, 0.15) is 10.0 Å². The number of hydrogen-bond donors (Lipinski definition) is 0. The Balaban J connectivity index is 0.000000626. The molecular formula is C47H44Cl2N2O2+2. The zero-order valence-electron chi connectivity index (χ0n) is 31.0. The first kappa shape index (κ1) is 37.5. The highest BCUT2D eigenvalue weighted by molar-refractivity contribution is 6.39. The Morgan fingerprint density at radius 3 is 1.15 bits per heavy atom. The van der Waals surface area contributed by atoms with Gasteiger partial charge in [0.2, 0.25) is 11.4 Å². The third-order valence-corrected chi connectivity index (χ3v) is 10.2. The standard InChI is InChI=1S/C42H34Cl2N2.C5H10O2/c1-28-29(2)46(42-38(34-22-14-7-15-23-34)25-36(27-40(42)44)32-18-10-5-11-19-32)30(3)45(28)41-37(33-20-12-6-13-21-33)24-35(26-39(41)43)31-16-8-4-9-17-31;1-4(2)5(6)7-3/h4-27,30H,1-3H3;4H,1-3H3/q+2;. The topological polar surface area (TPSA) is 32.3 Å². The quantitative estimate of drug-likeness (QED) is 0.121. The maximum absolute atomic E-state index is 10.3. The molecule has 0 fully saturated rings. The van der Waals surface area contributed by atoms with Crippen molar-refractivity contribution in [3.8, 4) is 44.5 Å². The molecule has 6 aromatic rings. The van der Waals surface area contributed by atoms with E-state index in [0.717, 1.165) is 67.3 Å². The normalized spacial score (nSPS) is 12.9. The number of rotatable bonds is 7. The molecule has 0 atom stereocenters. The Labute approximate surface area is 323 Å². The van der Waals surface area contributed by atoms with Crippen LogP contribution in [0.4, 0.5) is 11.4 Å². The summed E-state index contributed by atoms with van der Waals surface area (Å²) in [5.74, 6) is -0.148. The van der Waals surface area contributed by atoms with Crippen molar-refractivity contribution in [2.45, 2.75) is 40.8 Å². The molecule has 0 unspecified atom stereocenters. The molecule has 0 saturated carbocycles. The summed E-state index contributed by atoms with van der Waals surface area (Å²) in [4.78, 5) is 10.3. The Kier molecular flexibility index (Phi) is 11.7. The van der Waals surface area contributed by atoms with Gasteiger partial charge in [0.25, 0.3) is 11.4 Å². The van der Waals surface area contributed by atoms with E-state index < -0.39 is 0 Å². The van der Waals surface area contributed by atoms with Crippen LogP contribution in [0.5, 0.6) is 0 Å². The predicted octanol–water partition coefficient (Wildman–Crippen LogP) is 12.7. The van der Waals surface area contributed by atoms with Gasteiger partial charge in [0.15, 0.2) is 0 Å². The largest absolute Gasteiger partial charge is 0.469 e. The number of esters is 1. The lowest BCUT2D eigenvalue weighted by Crippen LogP contribution is -2.26. The highest BCUT2D eigenvalue weighted by Gasteiger charge is 2.47. The molecular weight excluding hydrogens is 695 g/mol. The first-order valence-electron chi connectivity index (χ1n) is 17.8. The lowest BCUT2D eigenvalue weighted by molar-refractivity contribution is -0.687. The van der Waals surface area contributed by atoms with E-state index in [1.54, 1.807) is 13.8 Å². The number of methoxy groups -OCH3 is 1. The number of nitrogens with zero attached hydrogens (tertiary/aromatic N) is 2. The minimum absolute atomic E-state index is 0.00463. The summed E-state index contributed by atoms with van der Waals surface area (Å²) < 4.78 is 9.10. The van der Waals surface area contributed by atoms with E-state index in [2.05, 4.69) is 156 Å². The van der Waals surface area contributed by atoms with E-state index >= 15 is 0 Å². The molecule has 0 N–H and O–H groups in total. The number of carbonyl (C=O) groups is 1. The van der Waals surface area contributed by atoms with E-state index in [1.807, 2.05) is 24.3 Å². The summed E-state index contributed by atoms with van der Waals surface area (Å²) in [6.07, 6.45) is -0.106. The Bertz CT molecular complexity index is 2150. The van der Waals surface area contributed by atoms with Crippen molar-refractivity contribution >= 4 is 52.0 Å². The fourth-order valence-electron chi connectivity index (χ4n) is 6.93. The number of ether oxygens (including phenoxy) is 1. The molecule has 1 aliphatic heterocycles. The number of benzene rings is 6. The first-order valence-corrected chi connectivity index (χ1v) is 18.6. The second kappa shape index (κ2) is 16.6. The number of carbonyl (C=O) groups excluding carboxylic acids is 1. The van der Waals surface area contributed by atoms with E-state index in [1.165, 1.54) is 7.11 Å². The van der Waals surface area contributed by atoms with Crippen molar-refractivity contribution in [2.75, 3.05) is 7.11 Å². The van der Waals surface area contributed by atoms with Gasteiger partial charge in [-0.1, -0.05) is 158 Å². The maximum atomic E-state index is 10.3. The number of hydrogen-bond acceptors (Lipinski definition) is 2. The second-order valence-corrected chi connectivity index (χ2v) is 14.2. The predicted molar refractivity (Wildman–Crippen MR) is 222 cm³/mol. The second-order valence-electron chi connectivity index (χ2n) is 13.4. The molecule has 7 rings (SSSR count). The van der Waals surface area contributed by atoms with Gasteiger partial charge in [-0.3, -0.25) is 4.79 Å². The third kappa shape index (κ3) is 7.90. The van der Waals surface area contributed by atoms with Crippen molar-refractivity contribution in [3.63, 3.8) is 0 Å². The zero-order valence-corrected chi connectivity index (χ0v) is 32.5. The molecule has 4 nitrogen and oxygen atoms in total. The molecule has 53 heavy (non-hydrogen) atoms. The van der Waals surface area contributed by atoms with Gasteiger partial charge < -0.3 is 4.74 Å². The molecule has 0 aliphatic carbocycles. The molecule has 0 aromatic heterocycles. The SMILES string of the molecule is CC1=[N+](c2c(Cl)cc(-c3ccccc3)cc2-c2ccccc2)C(C)[N+](c2c(Cl)cc(-c3ccccc3)cc2-c2ccccc2)=C1C.COC(=O)C(C)C. The summed E-state index contributed by atoms with van der Waals surface area (Å²) >= 11 is 14.6. The molecule has 6 aromatic carbocycles. The Hall–Kier alpha value is -5.29. The highest BCUT2D eigenvalue weighted by atomic mass is 35.5. The molecule has 0 bridgehead atoms. The van der Waals surface area contributed by atoms with Gasteiger partial charge in [-0.2, -0.15) is 0 Å². The minimum Gasteiger partial charge on any atom is -0.469 e. The van der Waals surface area contributed by atoms with E-state index in [9.17, 15) is 4.79 Å². The summed E-state index contributed by atoms with van der Waals surface area (Å²) in [5.41, 5.74) is 13.0. The van der Waals surface area contributed by atoms with Crippen molar-refractivity contribution in [1.82, 2.24) is 0 Å². The van der Waals surface area contributed by atoms with Crippen LogP contribution in [0, 0.1) is 5.92 Å². The molecule has 266 valence electrons. The summed E-state index contributed by atoms with van der Waals surface area (Å²) in [7, 11) is 1.39. The molecule has 1 aliphatic rings. The number of halogens is 2. The van der Waals surface area contributed by atoms with Gasteiger partial charge in [0.05, 0.1) is 31.1 Å². The van der Waals surface area contributed by atoms with Crippen LogP contribution in [-0.4, -0.2) is 39.8 Å². The molecule has 0 saturated heterocycles. The summed E-state index contributed by atoms with van der Waals surface area (Å²) in [6, 6.07) is 50.6. The van der Waals surface area contributed by atoms with Crippen LogP contribution < -0.4 is 0 Å². The van der Waals surface area contributed by atoms with Crippen LogP contribution in [0.2, 0.25) is 10.0 Å². The van der Waals surface area contributed by atoms with E-state index in [0.29, 0.717) is 10.0 Å². The van der Waals surface area contributed by atoms with Crippen LogP contribution in [0.1, 0.15) is 34.6 Å². The average molecular weight is 740 g/mol. The first-order chi connectivity index (χ1) is 25.6. The van der Waals surface area contributed by atoms with Crippen LogP contribution in [-0.2, 0) is 9.53 Å². The van der Waals surface area contributed by atoms with E-state index in [4.69, 9.17) is 23.2 Å². The van der Waals surface area contributed by atoms with Crippen LogP contribution in [0.3, 0.4) is 0 Å². The van der Waals surface area contributed by atoms with Gasteiger partial charge >= 0.3 is 12.1 Å². The Morgan fingerprint density at radius 1 is 0.547 bits per heavy atom. The zero-order chi connectivity index (χ0) is 37.6. The molecule has 6 heteroatoms. The lowest BCUT2D eigenvalue weighted by Gasteiger charge is -2.16. The highest BCUT2D eigenvalue weighted by Crippen LogP contribution is 2.46. The third-order valence-electron chi connectivity index (χ3n) is 9.66. The molecule has 0 amide bonds. The van der Waals surface area contributed by atoms with Crippen molar-refractivity contribution in [2.24, 2.45) is 5.92 Å². The van der Waals surface area contributed by atoms with Crippen molar-refractivity contribution < 1.29 is 18.7 Å². The average Bonchev–Trinajstić information content (AvgIpc) is 3.41. The van der Waals surface area contributed by atoms with Gasteiger partial charge in [0, 0.05) is 13.8 Å². The lowest BCUT2D eigenvalue weighted by atomic mass is 9.96. The maximum Gasteiger partial charge on any atom is 0.351 e.